The molecule has 0 spiro atoms. The Bertz CT molecular complexity index is 772. The Morgan fingerprint density at radius 1 is 1.36 bits per heavy atom. The lowest BCUT2D eigenvalue weighted by Gasteiger charge is -2.39. The number of rotatable bonds is 4. The van der Waals surface area contributed by atoms with Gasteiger partial charge in [0, 0.05) is 30.8 Å². The predicted molar refractivity (Wildman–Crippen MR) is 82.9 cm³/mol. The van der Waals surface area contributed by atoms with Crippen LogP contribution in [-0.4, -0.2) is 67.7 Å². The summed E-state index contributed by atoms with van der Waals surface area (Å²) in [4.78, 5) is 38.9. The summed E-state index contributed by atoms with van der Waals surface area (Å²) in [5.41, 5.74) is 5.00. The number of hydrogen-bond acceptors (Lipinski definition) is 8. The van der Waals surface area contributed by atoms with E-state index in [1.807, 2.05) is 4.90 Å². The molecule has 0 saturated carbocycles. The van der Waals surface area contributed by atoms with Crippen LogP contribution in [0.15, 0.2) is 22.6 Å². The summed E-state index contributed by atoms with van der Waals surface area (Å²) < 4.78 is 16.0. The number of ketones is 2. The summed E-state index contributed by atoms with van der Waals surface area (Å²) in [5, 5.41) is 3.29. The third kappa shape index (κ3) is 1.82. The number of nitrogens with one attached hydrogen (secondary N) is 1. The lowest BCUT2D eigenvalue weighted by atomic mass is 9.83. The first kappa shape index (κ1) is 16.1. The number of carbonyl (C=O) groups is 3. The summed E-state index contributed by atoms with van der Waals surface area (Å²) in [7, 11) is 2.88. The molecular formula is C16H19N3O6. The number of piperazine rings is 1. The Morgan fingerprint density at radius 3 is 2.68 bits per heavy atom. The summed E-state index contributed by atoms with van der Waals surface area (Å²) in [6.45, 7) is 1.96. The zero-order chi connectivity index (χ0) is 18.1. The van der Waals surface area contributed by atoms with Gasteiger partial charge in [0.2, 0.25) is 11.6 Å². The van der Waals surface area contributed by atoms with Crippen molar-refractivity contribution in [3.8, 4) is 0 Å². The smallest absolute Gasteiger partial charge is 0.404 e. The number of fused-ring (bicyclic) bond motifs is 4. The number of allylic oxidation sites excluding steroid dienone is 2. The van der Waals surface area contributed by atoms with Gasteiger partial charge in [0.25, 0.3) is 0 Å². The summed E-state index contributed by atoms with van der Waals surface area (Å²) >= 11 is 0. The zero-order valence-corrected chi connectivity index (χ0v) is 14.1. The van der Waals surface area contributed by atoms with Crippen molar-refractivity contribution in [3.05, 3.63) is 22.6 Å². The van der Waals surface area contributed by atoms with E-state index in [0.717, 1.165) is 0 Å². The van der Waals surface area contributed by atoms with Crippen LogP contribution in [0.5, 0.6) is 0 Å². The summed E-state index contributed by atoms with van der Waals surface area (Å²) in [6.07, 6.45) is -0.946. The molecule has 4 atom stereocenters. The maximum Gasteiger partial charge on any atom is 0.404 e. The predicted octanol–water partition coefficient (Wildman–Crippen LogP) is -0.963. The number of nitrogens with two attached hydrogens (primary N) is 1. The number of amides is 1. The number of hydrogen-bond donors (Lipinski definition) is 2. The van der Waals surface area contributed by atoms with Crippen molar-refractivity contribution in [1.82, 2.24) is 10.2 Å². The number of methoxy groups -OCH3 is 2. The van der Waals surface area contributed by atoms with Crippen molar-refractivity contribution >= 4 is 17.7 Å². The molecule has 2 fully saturated rings. The highest BCUT2D eigenvalue weighted by atomic mass is 16.6. The molecule has 0 aromatic rings. The van der Waals surface area contributed by atoms with E-state index in [-0.39, 0.29) is 47.2 Å². The third-order valence-corrected chi connectivity index (χ3v) is 5.58. The van der Waals surface area contributed by atoms with E-state index in [2.05, 4.69) is 5.32 Å². The molecule has 9 nitrogen and oxygen atoms in total. The maximum atomic E-state index is 13.0. The molecule has 1 aliphatic carbocycles. The van der Waals surface area contributed by atoms with Crippen LogP contribution in [0.2, 0.25) is 0 Å². The number of ether oxygens (including phenoxy) is 3. The molecule has 1 amide bonds. The number of Topliss-reactive ketones (excluding diaryl/α,β-unsaturated/α-hetero) is 2. The molecule has 2 saturated heterocycles. The van der Waals surface area contributed by atoms with Gasteiger partial charge in [-0.25, -0.2) is 4.79 Å². The molecule has 3 N–H and O–H groups in total. The highest BCUT2D eigenvalue weighted by Crippen LogP contribution is 2.55. The molecule has 0 unspecified atom stereocenters. The molecule has 134 valence electrons. The zero-order valence-electron chi connectivity index (χ0n) is 14.1. The van der Waals surface area contributed by atoms with Crippen LogP contribution < -0.4 is 11.1 Å². The quantitative estimate of drug-likeness (QED) is 0.490. The molecule has 0 aromatic heterocycles. The van der Waals surface area contributed by atoms with Crippen LogP contribution in [0.25, 0.3) is 0 Å². The second-order valence-corrected chi connectivity index (χ2v) is 6.58. The molecule has 4 aliphatic rings. The van der Waals surface area contributed by atoms with Crippen LogP contribution in [0.4, 0.5) is 4.79 Å². The van der Waals surface area contributed by atoms with Crippen LogP contribution >= 0.6 is 0 Å². The first-order valence-corrected chi connectivity index (χ1v) is 7.98. The molecule has 9 heteroatoms. The van der Waals surface area contributed by atoms with Gasteiger partial charge in [0.1, 0.15) is 6.61 Å². The normalized spacial score (nSPS) is 35.6. The van der Waals surface area contributed by atoms with E-state index in [4.69, 9.17) is 19.9 Å². The van der Waals surface area contributed by atoms with Crippen molar-refractivity contribution in [2.45, 2.75) is 24.7 Å². The average molecular weight is 349 g/mol. The van der Waals surface area contributed by atoms with Crippen molar-refractivity contribution in [2.75, 3.05) is 27.4 Å². The Balaban J connectivity index is 1.84. The Hall–Kier alpha value is -2.39. The monoisotopic (exact) mass is 349 g/mol. The standard InChI is InChI=1S/C16H19N3O6/c1-6-11(20)10-9(12(21)13(6)23-2)7(5-25-15(17)22)16(24-3)14-8(18-14)4-19(10)16/h7-8,14,18H,4-5H2,1-3H3,(H2,17,22)/t7-,8-,14+,16+/m0/s1. The van der Waals surface area contributed by atoms with Gasteiger partial charge in [-0.2, -0.15) is 0 Å². The van der Waals surface area contributed by atoms with E-state index < -0.39 is 17.7 Å². The largest absolute Gasteiger partial charge is 0.492 e. The van der Waals surface area contributed by atoms with Gasteiger partial charge < -0.3 is 30.2 Å². The first-order chi connectivity index (χ1) is 11.9. The SMILES string of the molecule is COC1=C(C)C(=O)C2=C(C1=O)[C@H](COC(N)=O)[C@@]1(OC)[C@@H]3N[C@H]3CN21. The van der Waals surface area contributed by atoms with Crippen LogP contribution in [0.3, 0.4) is 0 Å². The molecular weight excluding hydrogens is 330 g/mol. The molecule has 0 aromatic carbocycles. The van der Waals surface area contributed by atoms with Gasteiger partial charge in [-0.15, -0.1) is 0 Å². The minimum absolute atomic E-state index is 0.0144. The lowest BCUT2D eigenvalue weighted by Crippen LogP contribution is -2.55. The second-order valence-electron chi connectivity index (χ2n) is 6.58. The van der Waals surface area contributed by atoms with Crippen molar-refractivity contribution in [1.29, 1.82) is 0 Å². The van der Waals surface area contributed by atoms with Gasteiger partial charge in [0.15, 0.2) is 11.5 Å². The minimum atomic E-state index is -0.959. The van der Waals surface area contributed by atoms with Gasteiger partial charge >= 0.3 is 6.09 Å². The Morgan fingerprint density at radius 2 is 2.08 bits per heavy atom. The summed E-state index contributed by atoms with van der Waals surface area (Å²) in [6, 6.07) is 0.109. The number of carbonyl (C=O) groups excluding carboxylic acids is 3. The van der Waals surface area contributed by atoms with Gasteiger partial charge in [-0.3, -0.25) is 9.59 Å². The minimum Gasteiger partial charge on any atom is -0.492 e. The van der Waals surface area contributed by atoms with E-state index in [9.17, 15) is 14.4 Å². The Labute approximate surface area is 143 Å². The van der Waals surface area contributed by atoms with Crippen LogP contribution in [0.1, 0.15) is 6.92 Å². The fourth-order valence-electron chi connectivity index (χ4n) is 4.51. The molecule has 3 heterocycles. The maximum absolute atomic E-state index is 13.0. The first-order valence-electron chi connectivity index (χ1n) is 7.98. The fraction of sp³-hybridized carbons (Fsp3) is 0.562. The lowest BCUT2D eigenvalue weighted by molar-refractivity contribution is -0.137. The van der Waals surface area contributed by atoms with Crippen LogP contribution in [0, 0.1) is 5.92 Å². The highest BCUT2D eigenvalue weighted by molar-refractivity contribution is 6.25. The van der Waals surface area contributed by atoms with Gasteiger partial charge in [-0.05, 0) is 6.92 Å². The number of nitrogens with zero attached hydrogens (tertiary/aromatic N) is 1. The molecule has 0 radical (unpaired) electrons. The van der Waals surface area contributed by atoms with E-state index in [0.29, 0.717) is 12.2 Å². The number of primary amides is 1. The third-order valence-electron chi connectivity index (χ3n) is 5.58. The fourth-order valence-corrected chi connectivity index (χ4v) is 4.51. The Kier molecular flexibility index (Phi) is 3.26. The van der Waals surface area contributed by atoms with Gasteiger partial charge in [0.05, 0.1) is 24.8 Å². The molecule has 25 heavy (non-hydrogen) atoms. The average Bonchev–Trinajstić information content (AvgIpc) is 3.18. The molecule has 3 aliphatic heterocycles. The van der Waals surface area contributed by atoms with E-state index in [1.54, 1.807) is 6.92 Å². The van der Waals surface area contributed by atoms with Crippen molar-refractivity contribution < 1.29 is 28.6 Å². The van der Waals surface area contributed by atoms with Crippen LogP contribution in [-0.2, 0) is 23.8 Å². The van der Waals surface area contributed by atoms with Gasteiger partial charge in [-0.1, -0.05) is 0 Å². The second kappa shape index (κ2) is 5.06. The topological polar surface area (TPSA) is 130 Å². The van der Waals surface area contributed by atoms with Crippen molar-refractivity contribution in [2.24, 2.45) is 11.7 Å². The highest BCUT2D eigenvalue weighted by Gasteiger charge is 2.72. The van der Waals surface area contributed by atoms with Crippen molar-refractivity contribution in [3.63, 3.8) is 0 Å². The summed E-state index contributed by atoms with van der Waals surface area (Å²) in [5.74, 6) is -1.27. The van der Waals surface area contributed by atoms with E-state index >= 15 is 0 Å². The molecule has 0 bridgehead atoms. The molecule has 4 rings (SSSR count). The van der Waals surface area contributed by atoms with E-state index in [1.165, 1.54) is 14.2 Å².